The molecule has 2 aliphatic carbocycles. The van der Waals surface area contributed by atoms with Crippen LogP contribution in [0.3, 0.4) is 0 Å². The topological polar surface area (TPSA) is 196 Å². The number of rotatable bonds is 4. The first-order chi connectivity index (χ1) is 24.0. The van der Waals surface area contributed by atoms with Gasteiger partial charge in [0.25, 0.3) is 0 Å². The molecule has 2 N–H and O–H groups in total. The Kier molecular flexibility index (Phi) is 7.50. The molecule has 3 atom stereocenters. The Labute approximate surface area is 288 Å². The van der Waals surface area contributed by atoms with Gasteiger partial charge in [0.15, 0.2) is 16.6 Å². The Morgan fingerprint density at radius 3 is 2.34 bits per heavy atom. The minimum absolute atomic E-state index is 0.0361. The normalized spacial score (nSPS) is 20.9. The predicted molar refractivity (Wildman–Crippen MR) is 183 cm³/mol. The predicted octanol–water partition coefficient (Wildman–Crippen LogP) is 6.71. The summed E-state index contributed by atoms with van der Waals surface area (Å²) in [4.78, 5) is 43.2. The van der Waals surface area contributed by atoms with E-state index >= 15 is 0 Å². The molecule has 0 amide bonds. The molecule has 11 heteroatoms. The molecule has 7 rings (SSSR count). The number of ketones is 1. The third-order valence-corrected chi connectivity index (χ3v) is 11.4. The second-order valence-electron chi connectivity index (χ2n) is 13.6. The van der Waals surface area contributed by atoms with E-state index in [1.54, 1.807) is 6.08 Å². The fourth-order valence-electron chi connectivity index (χ4n) is 8.50. The fourth-order valence-corrected chi connectivity index (χ4v) is 8.50. The highest BCUT2D eigenvalue weighted by Crippen LogP contribution is 2.60. The number of hydrogen-bond acceptors (Lipinski definition) is 9. The van der Waals surface area contributed by atoms with E-state index in [0.29, 0.717) is 46.4 Å². The van der Waals surface area contributed by atoms with E-state index in [1.165, 1.54) is 7.11 Å². The first-order valence-corrected chi connectivity index (χ1v) is 16.7. The second kappa shape index (κ2) is 11.5. The standard InChI is InChI=1S/C39H34N8O3/c1-6-22-19(2)26-12-27-20(3)23(7-8-33(49)50-5)36(46-27)25-11-32(48)34-21(4)28(47-37(25)34)13-30-24-9-10-38(15-40,16-41)39(17-42,18-43)35(24)31(45-30)14-29(22)44-26/h9,12-14,20,23,35,44,47H,6-8,10-11H2,1-5H3/t20-,23-,35?/m0/s1. The summed E-state index contributed by atoms with van der Waals surface area (Å²) in [6, 6.07) is 13.9. The molecular weight excluding hydrogens is 628 g/mol. The number of carbonyl (C=O) groups excluding carboxylic acids is 2. The fraction of sp³-hybridized carbons (Fsp3) is 0.385. The van der Waals surface area contributed by atoms with E-state index < -0.39 is 16.7 Å². The number of allylic oxidation sites excluding steroid dienone is 2. The van der Waals surface area contributed by atoms with E-state index in [2.05, 4.69) is 29.0 Å². The van der Waals surface area contributed by atoms with Crippen molar-refractivity contribution in [3.63, 3.8) is 0 Å². The lowest BCUT2D eigenvalue weighted by atomic mass is 9.53. The van der Waals surface area contributed by atoms with Crippen LogP contribution in [-0.4, -0.2) is 38.8 Å². The van der Waals surface area contributed by atoms with Gasteiger partial charge in [-0.05, 0) is 67.2 Å². The highest BCUT2D eigenvalue weighted by molar-refractivity contribution is 6.13. The molecular formula is C39H34N8O3. The van der Waals surface area contributed by atoms with Crippen LogP contribution in [0.5, 0.6) is 0 Å². The molecule has 8 bridgehead atoms. The maximum absolute atomic E-state index is 13.7. The molecule has 248 valence electrons. The summed E-state index contributed by atoms with van der Waals surface area (Å²) in [5.74, 6) is -1.51. The molecule has 4 aliphatic rings. The summed E-state index contributed by atoms with van der Waals surface area (Å²) in [5, 5.41) is 41.9. The van der Waals surface area contributed by atoms with E-state index in [1.807, 2.05) is 51.1 Å². The van der Waals surface area contributed by atoms with Crippen LogP contribution in [0.15, 0.2) is 24.3 Å². The molecule has 3 aromatic heterocycles. The SMILES string of the molecule is CCc1c(C)c2cc3nc(c4c5[nH]c(cc6nc(cc1[nH]2)C1C6=CCC(C#N)(C#N)C1(C#N)C#N)c(C)c5C(=O)C4)[C@@H](CCC(=O)OC)[C@@H]3C. The van der Waals surface area contributed by atoms with Crippen LogP contribution in [0.1, 0.15) is 106 Å². The lowest BCUT2D eigenvalue weighted by molar-refractivity contribution is -0.140. The monoisotopic (exact) mass is 662 g/mol. The number of aromatic amines is 2. The molecule has 1 unspecified atom stereocenters. The average Bonchev–Trinajstić information content (AvgIpc) is 3.89. The van der Waals surface area contributed by atoms with Crippen molar-refractivity contribution >= 4 is 39.4 Å². The zero-order valence-corrected chi connectivity index (χ0v) is 28.5. The lowest BCUT2D eigenvalue weighted by Gasteiger charge is -2.39. The van der Waals surface area contributed by atoms with Crippen LogP contribution in [0.4, 0.5) is 0 Å². The number of H-pyrrole nitrogens is 2. The van der Waals surface area contributed by atoms with Crippen molar-refractivity contribution in [3.05, 3.63) is 74.9 Å². The number of ether oxygens (including phenoxy) is 1. The van der Waals surface area contributed by atoms with Gasteiger partial charge in [-0.25, -0.2) is 0 Å². The number of aryl methyl sites for hydroxylation is 3. The molecule has 0 fully saturated rings. The van der Waals surface area contributed by atoms with Crippen LogP contribution in [0.25, 0.3) is 27.6 Å². The van der Waals surface area contributed by atoms with E-state index in [9.17, 15) is 30.6 Å². The smallest absolute Gasteiger partial charge is 0.305 e. The summed E-state index contributed by atoms with van der Waals surface area (Å²) in [6.45, 7) is 8.02. The molecule has 50 heavy (non-hydrogen) atoms. The van der Waals surface area contributed by atoms with Gasteiger partial charge >= 0.3 is 5.97 Å². The van der Waals surface area contributed by atoms with Gasteiger partial charge in [-0.15, -0.1) is 0 Å². The Balaban J connectivity index is 1.62. The van der Waals surface area contributed by atoms with Crippen LogP contribution >= 0.6 is 0 Å². The Bertz CT molecular complexity index is 2390. The van der Waals surface area contributed by atoms with Crippen molar-refractivity contribution in [2.24, 2.45) is 10.8 Å². The Hall–Kier alpha value is -6.04. The van der Waals surface area contributed by atoms with Gasteiger partial charge in [0.2, 0.25) is 0 Å². The maximum Gasteiger partial charge on any atom is 0.305 e. The molecule has 0 radical (unpaired) electrons. The second-order valence-corrected chi connectivity index (χ2v) is 13.6. The Morgan fingerprint density at radius 1 is 0.980 bits per heavy atom. The molecule has 5 heterocycles. The molecule has 0 saturated heterocycles. The average molecular weight is 663 g/mol. The van der Waals surface area contributed by atoms with Crippen molar-refractivity contribution < 1.29 is 14.3 Å². The Morgan fingerprint density at radius 2 is 1.68 bits per heavy atom. The highest BCUT2D eigenvalue weighted by Gasteiger charge is 2.63. The van der Waals surface area contributed by atoms with Gasteiger partial charge < -0.3 is 14.7 Å². The molecule has 3 aromatic rings. The van der Waals surface area contributed by atoms with Gasteiger partial charge in [-0.2, -0.15) is 21.0 Å². The number of hydrogen-bond donors (Lipinski definition) is 2. The lowest BCUT2D eigenvalue weighted by Crippen LogP contribution is -2.44. The summed E-state index contributed by atoms with van der Waals surface area (Å²) >= 11 is 0. The number of fused-ring (bicyclic) bond motifs is 11. The van der Waals surface area contributed by atoms with Crippen LogP contribution in [0, 0.1) is 70.0 Å². The van der Waals surface area contributed by atoms with Gasteiger partial charge in [0.05, 0.1) is 59.9 Å². The first kappa shape index (κ1) is 32.5. The van der Waals surface area contributed by atoms with Crippen LogP contribution in [0.2, 0.25) is 0 Å². The zero-order valence-electron chi connectivity index (χ0n) is 28.5. The molecule has 0 saturated carbocycles. The number of carbonyl (C=O) groups is 2. The molecule has 0 spiro atoms. The first-order valence-electron chi connectivity index (χ1n) is 16.7. The number of nitrogens with one attached hydrogen (secondary N) is 2. The molecule has 0 aromatic carbocycles. The summed E-state index contributed by atoms with van der Waals surface area (Å²) in [6.07, 6.45) is 3.21. The zero-order chi connectivity index (χ0) is 35.7. The van der Waals surface area contributed by atoms with Crippen molar-refractivity contribution in [2.75, 3.05) is 7.11 Å². The van der Waals surface area contributed by atoms with E-state index in [4.69, 9.17) is 14.7 Å². The summed E-state index contributed by atoms with van der Waals surface area (Å²) < 4.78 is 4.97. The number of nitrogens with zero attached hydrogens (tertiary/aromatic N) is 6. The maximum atomic E-state index is 13.7. The van der Waals surface area contributed by atoms with Crippen LogP contribution in [-0.2, 0) is 22.4 Å². The third-order valence-electron chi connectivity index (χ3n) is 11.4. The summed E-state index contributed by atoms with van der Waals surface area (Å²) in [7, 11) is 1.38. The van der Waals surface area contributed by atoms with Crippen LogP contribution < -0.4 is 0 Å². The van der Waals surface area contributed by atoms with Crippen molar-refractivity contribution in [3.8, 4) is 24.3 Å². The van der Waals surface area contributed by atoms with Crippen molar-refractivity contribution in [1.29, 1.82) is 21.0 Å². The molecule has 2 aliphatic heterocycles. The minimum Gasteiger partial charge on any atom is -0.469 e. The van der Waals surface area contributed by atoms with Crippen molar-refractivity contribution in [1.82, 2.24) is 19.9 Å². The number of Topliss-reactive ketones (excluding diaryl/α,β-unsaturated/α-hetero) is 1. The quantitative estimate of drug-likeness (QED) is 0.285. The number of nitriles is 4. The van der Waals surface area contributed by atoms with Gasteiger partial charge in [0, 0.05) is 64.5 Å². The number of esters is 1. The minimum atomic E-state index is -2.04. The number of aromatic nitrogens is 4. The van der Waals surface area contributed by atoms with Gasteiger partial charge in [-0.1, -0.05) is 19.9 Å². The van der Waals surface area contributed by atoms with E-state index in [-0.39, 0.29) is 42.9 Å². The highest BCUT2D eigenvalue weighted by atomic mass is 16.5. The largest absolute Gasteiger partial charge is 0.469 e. The third kappa shape index (κ3) is 4.30. The summed E-state index contributed by atoms with van der Waals surface area (Å²) in [5.41, 5.74) is 6.12. The van der Waals surface area contributed by atoms with Gasteiger partial charge in [0.1, 0.15) is 0 Å². The molecule has 11 nitrogen and oxygen atoms in total. The van der Waals surface area contributed by atoms with Gasteiger partial charge in [-0.3, -0.25) is 19.6 Å². The van der Waals surface area contributed by atoms with Crippen molar-refractivity contribution in [2.45, 2.75) is 77.6 Å². The number of methoxy groups -OCH3 is 1. The van der Waals surface area contributed by atoms with E-state index in [0.717, 1.165) is 44.7 Å².